The van der Waals surface area contributed by atoms with E-state index in [-0.39, 0.29) is 48.5 Å². The van der Waals surface area contributed by atoms with Gasteiger partial charge in [-0.25, -0.2) is 9.59 Å². The van der Waals surface area contributed by atoms with Crippen LogP contribution in [-0.4, -0.2) is 110 Å². The van der Waals surface area contributed by atoms with E-state index in [1.165, 1.54) is 24.0 Å². The maximum absolute atomic E-state index is 13.6. The molecule has 15 nitrogen and oxygen atoms in total. The van der Waals surface area contributed by atoms with Gasteiger partial charge in [-0.15, -0.1) is 0 Å². The first-order chi connectivity index (χ1) is 27.7. The topological polar surface area (TPSA) is 182 Å². The first-order valence-electron chi connectivity index (χ1n) is 21.0. The molecule has 0 fully saturated rings. The van der Waals surface area contributed by atoms with Crippen molar-refractivity contribution >= 4 is 30.1 Å². The van der Waals surface area contributed by atoms with Gasteiger partial charge < -0.3 is 48.7 Å². The Morgan fingerprint density at radius 2 is 1.05 bits per heavy atom. The standard InChI is InChI=1S/C27H43NO7.C18H36N2O5/c1-10-19(4)23(25(32-9)34-26(31)35-27(5,6)7)28(8)24(30)21(18(2)3)16-22(29)33-17-20-14-12-11-13-15-20;1-10-12(4)14(20(8)15(21)13(19)11(2)3)16(23-9)24-17(22)25-18(5,6)7/h11-15,18-19,21,23,25H,10,16-17H2,1-9H3;11-14,16H,10,19H2,1-9H3/t19-,21-,23-,25+;12-,13-,14-,16+/m00/s1. The molecule has 0 saturated carbocycles. The van der Waals surface area contributed by atoms with Crippen LogP contribution in [0.5, 0.6) is 0 Å². The smallest absolute Gasteiger partial charge is 0.461 e. The number of ether oxygens (including phenoxy) is 7. The summed E-state index contributed by atoms with van der Waals surface area (Å²) in [5.74, 6) is -1.64. The lowest BCUT2D eigenvalue weighted by atomic mass is 9.89. The van der Waals surface area contributed by atoms with Crippen molar-refractivity contribution in [2.45, 2.75) is 165 Å². The Bertz CT molecular complexity index is 1440. The predicted octanol–water partition coefficient (Wildman–Crippen LogP) is 7.96. The molecule has 60 heavy (non-hydrogen) atoms. The van der Waals surface area contributed by atoms with Crippen molar-refractivity contribution in [2.24, 2.45) is 35.3 Å². The van der Waals surface area contributed by atoms with Gasteiger partial charge in [-0.3, -0.25) is 14.4 Å². The Labute approximate surface area is 360 Å². The summed E-state index contributed by atoms with van der Waals surface area (Å²) < 4.78 is 37.6. The number of likely N-dealkylation sites (N-methyl/N-ethyl adjacent to an activating group) is 2. The zero-order chi connectivity index (χ0) is 46.7. The molecule has 0 heterocycles. The molecule has 0 bridgehead atoms. The summed E-state index contributed by atoms with van der Waals surface area (Å²) in [4.78, 5) is 66.2. The monoisotopic (exact) mass is 854 g/mol. The Kier molecular flexibility index (Phi) is 24.7. The van der Waals surface area contributed by atoms with Gasteiger partial charge in [0.25, 0.3) is 0 Å². The number of benzene rings is 1. The summed E-state index contributed by atoms with van der Waals surface area (Å²) in [6.07, 6.45) is -2.25. The molecule has 1 aromatic rings. The minimum Gasteiger partial charge on any atom is -0.461 e. The number of rotatable bonds is 20. The Hall–Kier alpha value is -3.95. The van der Waals surface area contributed by atoms with Crippen molar-refractivity contribution in [3.63, 3.8) is 0 Å². The number of hydrogen-bond acceptors (Lipinski definition) is 13. The van der Waals surface area contributed by atoms with Crippen LogP contribution in [0.25, 0.3) is 0 Å². The molecule has 2 amide bonds. The van der Waals surface area contributed by atoms with Gasteiger partial charge in [0.2, 0.25) is 24.4 Å². The zero-order valence-electron chi connectivity index (χ0n) is 39.9. The van der Waals surface area contributed by atoms with Gasteiger partial charge in [0.15, 0.2) is 0 Å². The number of nitrogens with two attached hydrogens (primary N) is 1. The molecule has 0 aromatic heterocycles. The van der Waals surface area contributed by atoms with Crippen molar-refractivity contribution in [1.82, 2.24) is 9.80 Å². The molecular weight excluding hydrogens is 775 g/mol. The summed E-state index contributed by atoms with van der Waals surface area (Å²) in [5, 5.41) is 0. The third-order valence-corrected chi connectivity index (χ3v) is 10.0. The van der Waals surface area contributed by atoms with Crippen LogP contribution in [0.1, 0.15) is 122 Å². The highest BCUT2D eigenvalue weighted by Gasteiger charge is 2.40. The second-order valence-corrected chi connectivity index (χ2v) is 18.0. The Morgan fingerprint density at radius 1 is 0.650 bits per heavy atom. The van der Waals surface area contributed by atoms with E-state index in [0.29, 0.717) is 6.42 Å². The molecule has 0 aliphatic carbocycles. The van der Waals surface area contributed by atoms with Crippen molar-refractivity contribution < 1.29 is 57.1 Å². The Morgan fingerprint density at radius 3 is 1.38 bits per heavy atom. The van der Waals surface area contributed by atoms with Crippen LogP contribution < -0.4 is 5.73 Å². The van der Waals surface area contributed by atoms with E-state index in [4.69, 9.17) is 38.9 Å². The van der Waals surface area contributed by atoms with E-state index in [1.54, 1.807) is 55.6 Å². The summed E-state index contributed by atoms with van der Waals surface area (Å²) >= 11 is 0. The van der Waals surface area contributed by atoms with Crippen LogP contribution in [0.4, 0.5) is 9.59 Å². The normalized spacial score (nSPS) is 15.8. The maximum atomic E-state index is 13.6. The van der Waals surface area contributed by atoms with Crippen LogP contribution in [0.15, 0.2) is 30.3 Å². The van der Waals surface area contributed by atoms with Crippen molar-refractivity contribution in [3.8, 4) is 0 Å². The predicted molar refractivity (Wildman–Crippen MR) is 230 cm³/mol. The van der Waals surface area contributed by atoms with E-state index in [0.717, 1.165) is 12.0 Å². The van der Waals surface area contributed by atoms with Gasteiger partial charge in [0.1, 0.15) is 17.8 Å². The molecule has 0 spiro atoms. The SMILES string of the molecule is CC[C@H](C)[C@@H]([C@H](OC)OC(=O)OC(C)(C)C)N(C)C(=O)[C@@H](CC(=O)OCc1ccccc1)C(C)C.CC[C@H](C)[C@@H]([C@H](OC)OC(=O)OC(C)(C)C)N(C)C(=O)[C@@H](N)C(C)C. The minimum absolute atomic E-state index is 0.000279. The van der Waals surface area contributed by atoms with Gasteiger partial charge in [-0.2, -0.15) is 0 Å². The van der Waals surface area contributed by atoms with E-state index in [9.17, 15) is 24.0 Å². The largest absolute Gasteiger partial charge is 0.511 e. The van der Waals surface area contributed by atoms with E-state index in [1.807, 2.05) is 85.7 Å². The van der Waals surface area contributed by atoms with Crippen molar-refractivity contribution in [3.05, 3.63) is 35.9 Å². The summed E-state index contributed by atoms with van der Waals surface area (Å²) in [5.41, 5.74) is 5.47. The molecule has 2 N–H and O–H groups in total. The average molecular weight is 854 g/mol. The maximum Gasteiger partial charge on any atom is 0.511 e. The fraction of sp³-hybridized carbons (Fsp3) is 0.756. The highest BCUT2D eigenvalue weighted by atomic mass is 16.8. The Balaban J connectivity index is 0.00000123. The number of nitrogens with zero attached hydrogens (tertiary/aromatic N) is 2. The fourth-order valence-corrected chi connectivity index (χ4v) is 6.06. The number of amides is 2. The quantitative estimate of drug-likeness (QED) is 0.0758. The first kappa shape index (κ1) is 56.0. The molecule has 1 rings (SSSR count). The third kappa shape index (κ3) is 20.1. The molecule has 0 unspecified atom stereocenters. The van der Waals surface area contributed by atoms with Gasteiger partial charge >= 0.3 is 18.3 Å². The summed E-state index contributed by atoms with van der Waals surface area (Å²) in [6.45, 7) is 26.1. The highest BCUT2D eigenvalue weighted by Crippen LogP contribution is 2.27. The van der Waals surface area contributed by atoms with Crippen LogP contribution in [0, 0.1) is 29.6 Å². The van der Waals surface area contributed by atoms with E-state index in [2.05, 4.69) is 0 Å². The molecule has 0 aliphatic heterocycles. The minimum atomic E-state index is -1.04. The molecule has 0 saturated heterocycles. The van der Waals surface area contributed by atoms with Crippen molar-refractivity contribution in [1.29, 1.82) is 0 Å². The number of esters is 1. The molecule has 346 valence electrons. The van der Waals surface area contributed by atoms with Crippen molar-refractivity contribution in [2.75, 3.05) is 28.3 Å². The number of carbonyl (C=O) groups is 5. The van der Waals surface area contributed by atoms with Gasteiger partial charge in [-0.05, 0) is 70.8 Å². The fourth-order valence-electron chi connectivity index (χ4n) is 6.06. The van der Waals surface area contributed by atoms with Crippen LogP contribution in [0.2, 0.25) is 0 Å². The second kappa shape index (κ2) is 26.4. The first-order valence-corrected chi connectivity index (χ1v) is 21.0. The molecule has 1 aromatic carbocycles. The summed E-state index contributed by atoms with van der Waals surface area (Å²) in [6, 6.07) is 7.71. The highest BCUT2D eigenvalue weighted by molar-refractivity contribution is 5.84. The van der Waals surface area contributed by atoms with E-state index < -0.39 is 66.1 Å². The number of hydrogen-bond donors (Lipinski definition) is 1. The van der Waals surface area contributed by atoms with Gasteiger partial charge in [0, 0.05) is 28.3 Å². The lowest BCUT2D eigenvalue weighted by Gasteiger charge is -2.39. The van der Waals surface area contributed by atoms with Crippen LogP contribution >= 0.6 is 0 Å². The molecule has 15 heteroatoms. The lowest BCUT2D eigenvalue weighted by Crippen LogP contribution is -2.55. The second-order valence-electron chi connectivity index (χ2n) is 18.0. The van der Waals surface area contributed by atoms with Crippen LogP contribution in [0.3, 0.4) is 0 Å². The molecular formula is C45H79N3O12. The number of methoxy groups -OCH3 is 2. The zero-order valence-corrected chi connectivity index (χ0v) is 39.9. The van der Waals surface area contributed by atoms with E-state index >= 15 is 0 Å². The van der Waals surface area contributed by atoms with Gasteiger partial charge in [0.05, 0.1) is 30.5 Å². The molecule has 8 atom stereocenters. The average Bonchev–Trinajstić information content (AvgIpc) is 3.16. The molecule has 0 aliphatic rings. The van der Waals surface area contributed by atoms with Crippen LogP contribution in [-0.2, 0) is 54.1 Å². The molecule has 0 radical (unpaired) electrons. The van der Waals surface area contributed by atoms with Gasteiger partial charge in [-0.1, -0.05) is 98.6 Å². The number of carbonyl (C=O) groups excluding carboxylic acids is 5. The third-order valence-electron chi connectivity index (χ3n) is 10.0. The summed E-state index contributed by atoms with van der Waals surface area (Å²) in [7, 11) is 6.16. The lowest BCUT2D eigenvalue weighted by molar-refractivity contribution is -0.173.